The Morgan fingerprint density at radius 3 is 2.56 bits per heavy atom. The number of benzene rings is 2. The van der Waals surface area contributed by atoms with Gasteiger partial charge in [-0.1, -0.05) is 23.5 Å². The molecule has 1 unspecified atom stereocenters. The number of fused-ring (bicyclic) bond motifs is 1. The van der Waals surface area contributed by atoms with E-state index in [-0.39, 0.29) is 55.1 Å². The monoisotopic (exact) mass is 539 g/mol. The van der Waals surface area contributed by atoms with Crippen LogP contribution in [0.15, 0.2) is 41.3 Å². The first kappa shape index (κ1) is 25.1. The number of hydrogen-bond acceptors (Lipinski definition) is 6. The van der Waals surface area contributed by atoms with Gasteiger partial charge < -0.3 is 4.74 Å². The van der Waals surface area contributed by atoms with E-state index in [1.54, 1.807) is 0 Å². The summed E-state index contributed by atoms with van der Waals surface area (Å²) >= 11 is 1.02. The van der Waals surface area contributed by atoms with Crippen LogP contribution < -0.4 is 4.90 Å². The van der Waals surface area contributed by atoms with E-state index in [2.05, 4.69) is 4.98 Å². The lowest BCUT2D eigenvalue weighted by Crippen LogP contribution is -2.46. The molecule has 2 aromatic carbocycles. The van der Waals surface area contributed by atoms with Gasteiger partial charge in [-0.25, -0.2) is 26.6 Å². The highest BCUT2D eigenvalue weighted by molar-refractivity contribution is 7.89. The smallest absolute Gasteiger partial charge is 0.245 e. The Balaban J connectivity index is 1.36. The van der Waals surface area contributed by atoms with Crippen molar-refractivity contribution in [3.05, 3.63) is 53.8 Å². The minimum atomic E-state index is -4.03. The average molecular weight is 540 g/mol. The number of rotatable bonds is 6. The summed E-state index contributed by atoms with van der Waals surface area (Å²) in [5.41, 5.74) is -0.00709. The highest BCUT2D eigenvalue weighted by Gasteiger charge is 2.37. The summed E-state index contributed by atoms with van der Waals surface area (Å²) in [5, 5.41) is 0.247. The summed E-state index contributed by atoms with van der Waals surface area (Å²) < 4.78 is 75.2. The number of hydrogen-bond donors (Lipinski definition) is 0. The molecule has 0 N–H and O–H groups in total. The van der Waals surface area contributed by atoms with Crippen LogP contribution in [-0.4, -0.2) is 56.0 Å². The summed E-state index contributed by atoms with van der Waals surface area (Å²) in [6.45, 7) is 0.913. The number of piperidine rings is 1. The molecule has 2 aliphatic rings. The van der Waals surface area contributed by atoms with Crippen molar-refractivity contribution in [3.8, 4) is 0 Å². The summed E-state index contributed by atoms with van der Waals surface area (Å²) in [7, 11) is -4.03. The number of thiazole rings is 1. The molecule has 1 aromatic heterocycles. The number of nitrogens with zero attached hydrogens (tertiary/aromatic N) is 3. The molecule has 0 saturated carbocycles. The van der Waals surface area contributed by atoms with Gasteiger partial charge in [-0.05, 0) is 43.9 Å². The lowest BCUT2D eigenvalue weighted by Gasteiger charge is -2.33. The van der Waals surface area contributed by atoms with Crippen molar-refractivity contribution in [2.45, 2.75) is 36.7 Å². The standard InChI is InChI=1S/C24H24F3N3O4S2/c25-16-12-19(27)22-20(13-16)35-24(28-22)30(14-17-4-3-11-34-17)23(31)15-7-9-29(10-8-15)36(32,33)21-6-2-1-5-18(21)26/h1-2,5-6,12-13,15,17H,3-4,7-11,14H2. The Bertz CT molecular complexity index is 1380. The number of sulfonamides is 1. The van der Waals surface area contributed by atoms with Crippen LogP contribution in [0.1, 0.15) is 25.7 Å². The van der Waals surface area contributed by atoms with Crippen LogP contribution in [-0.2, 0) is 19.6 Å². The zero-order valence-corrected chi connectivity index (χ0v) is 20.8. The summed E-state index contributed by atoms with van der Waals surface area (Å²) in [5.74, 6) is -3.13. The van der Waals surface area contributed by atoms with Crippen molar-refractivity contribution < 1.29 is 31.1 Å². The molecule has 3 aromatic rings. The summed E-state index contributed by atoms with van der Waals surface area (Å²) in [4.78, 5) is 19.0. The molecule has 1 amide bonds. The highest BCUT2D eigenvalue weighted by atomic mass is 32.2. The first-order valence-electron chi connectivity index (χ1n) is 11.7. The van der Waals surface area contributed by atoms with Crippen LogP contribution in [0.2, 0.25) is 0 Å². The second kappa shape index (κ2) is 10.1. The van der Waals surface area contributed by atoms with Gasteiger partial charge in [0.25, 0.3) is 0 Å². The van der Waals surface area contributed by atoms with Crippen molar-refractivity contribution in [3.63, 3.8) is 0 Å². The molecule has 2 aliphatic heterocycles. The van der Waals surface area contributed by atoms with Crippen molar-refractivity contribution in [2.75, 3.05) is 31.1 Å². The van der Waals surface area contributed by atoms with Gasteiger partial charge >= 0.3 is 0 Å². The van der Waals surface area contributed by atoms with Crippen LogP contribution in [0.4, 0.5) is 18.3 Å². The van der Waals surface area contributed by atoms with E-state index >= 15 is 0 Å². The van der Waals surface area contributed by atoms with Crippen LogP contribution in [0.3, 0.4) is 0 Å². The number of amides is 1. The molecule has 36 heavy (non-hydrogen) atoms. The SMILES string of the molecule is O=C(C1CCN(S(=O)(=O)c2ccccc2F)CC1)N(CC1CCCO1)c1nc2c(F)cc(F)cc2s1. The molecule has 0 bridgehead atoms. The second-order valence-electron chi connectivity index (χ2n) is 8.92. The molecule has 0 radical (unpaired) electrons. The third-order valence-electron chi connectivity index (χ3n) is 6.57. The Morgan fingerprint density at radius 2 is 1.86 bits per heavy atom. The van der Waals surface area contributed by atoms with Crippen molar-refractivity contribution in [1.29, 1.82) is 0 Å². The zero-order chi connectivity index (χ0) is 25.4. The van der Waals surface area contributed by atoms with Crippen LogP contribution in [0, 0.1) is 23.4 Å². The van der Waals surface area contributed by atoms with E-state index in [0.29, 0.717) is 11.3 Å². The van der Waals surface area contributed by atoms with E-state index in [0.717, 1.165) is 36.3 Å². The molecule has 12 heteroatoms. The van der Waals surface area contributed by atoms with Crippen LogP contribution in [0.5, 0.6) is 0 Å². The Morgan fingerprint density at radius 1 is 1.11 bits per heavy atom. The fourth-order valence-electron chi connectivity index (χ4n) is 4.67. The lowest BCUT2D eigenvalue weighted by molar-refractivity contribution is -0.123. The Hall–Kier alpha value is -2.54. The quantitative estimate of drug-likeness (QED) is 0.466. The molecule has 5 rings (SSSR count). The minimum absolute atomic E-state index is 0.00709. The maximum Gasteiger partial charge on any atom is 0.245 e. The van der Waals surface area contributed by atoms with E-state index < -0.39 is 38.3 Å². The molecule has 1 atom stereocenters. The first-order chi connectivity index (χ1) is 17.2. The lowest BCUT2D eigenvalue weighted by atomic mass is 9.96. The Kier molecular flexibility index (Phi) is 7.03. The predicted molar refractivity (Wildman–Crippen MR) is 129 cm³/mol. The molecule has 7 nitrogen and oxygen atoms in total. The topological polar surface area (TPSA) is 79.8 Å². The zero-order valence-electron chi connectivity index (χ0n) is 19.2. The van der Waals surface area contributed by atoms with Gasteiger partial charge in [-0.2, -0.15) is 4.31 Å². The number of ether oxygens (including phenoxy) is 1. The number of carbonyl (C=O) groups is 1. The average Bonchev–Trinajstić information content (AvgIpc) is 3.52. The molecule has 3 heterocycles. The molecule has 2 saturated heterocycles. The van der Waals surface area contributed by atoms with Crippen molar-refractivity contribution in [2.24, 2.45) is 5.92 Å². The summed E-state index contributed by atoms with van der Waals surface area (Å²) in [6, 6.07) is 7.13. The fourth-order valence-corrected chi connectivity index (χ4v) is 7.23. The van der Waals surface area contributed by atoms with Crippen molar-refractivity contribution in [1.82, 2.24) is 9.29 Å². The van der Waals surface area contributed by atoms with E-state index in [9.17, 15) is 26.4 Å². The van der Waals surface area contributed by atoms with Gasteiger partial charge in [0.2, 0.25) is 15.9 Å². The van der Waals surface area contributed by atoms with Gasteiger partial charge in [-0.3, -0.25) is 9.69 Å². The van der Waals surface area contributed by atoms with E-state index in [1.165, 1.54) is 33.5 Å². The van der Waals surface area contributed by atoms with Crippen LogP contribution in [0.25, 0.3) is 10.2 Å². The number of carbonyl (C=O) groups excluding carboxylic acids is 1. The Labute approximate surface area is 210 Å². The van der Waals surface area contributed by atoms with Crippen molar-refractivity contribution >= 4 is 42.6 Å². The number of halogens is 3. The molecular formula is C24H24F3N3O4S2. The van der Waals surface area contributed by atoms with Gasteiger partial charge in [0, 0.05) is 31.7 Å². The first-order valence-corrected chi connectivity index (χ1v) is 13.9. The van der Waals surface area contributed by atoms with Crippen LogP contribution >= 0.6 is 11.3 Å². The maximum atomic E-state index is 14.3. The minimum Gasteiger partial charge on any atom is -0.376 e. The number of anilines is 1. The molecule has 2 fully saturated rings. The second-order valence-corrected chi connectivity index (χ2v) is 11.8. The molecule has 192 valence electrons. The number of aromatic nitrogens is 1. The van der Waals surface area contributed by atoms with Gasteiger partial charge in [0.05, 0.1) is 17.3 Å². The van der Waals surface area contributed by atoms with Gasteiger partial charge in [0.15, 0.2) is 10.9 Å². The normalized spacial score (nSPS) is 19.7. The third-order valence-corrected chi connectivity index (χ3v) is 9.52. The molecule has 0 aliphatic carbocycles. The predicted octanol–water partition coefficient (Wildman–Crippen LogP) is 4.33. The fraction of sp³-hybridized carbons (Fsp3) is 0.417. The third kappa shape index (κ3) is 4.86. The van der Waals surface area contributed by atoms with E-state index in [4.69, 9.17) is 4.74 Å². The molecular weight excluding hydrogens is 515 g/mol. The largest absolute Gasteiger partial charge is 0.376 e. The maximum absolute atomic E-state index is 14.3. The van der Waals surface area contributed by atoms with E-state index in [1.807, 2.05) is 0 Å². The summed E-state index contributed by atoms with van der Waals surface area (Å²) in [6.07, 6.45) is 1.89. The van der Waals surface area contributed by atoms with Gasteiger partial charge in [0.1, 0.15) is 22.0 Å². The van der Waals surface area contributed by atoms with Gasteiger partial charge in [-0.15, -0.1) is 0 Å². The molecule has 0 spiro atoms. The highest BCUT2D eigenvalue weighted by Crippen LogP contribution is 2.34.